The number of fused-ring (bicyclic) bond motifs is 1. The number of nitrogens with zero attached hydrogens (tertiary/aromatic N) is 2. The van der Waals surface area contributed by atoms with E-state index in [9.17, 15) is 0 Å². The number of aromatic nitrogens is 2. The minimum atomic E-state index is 0.364. The van der Waals surface area contributed by atoms with Gasteiger partial charge in [-0.05, 0) is 30.9 Å². The molecule has 0 spiro atoms. The zero-order chi connectivity index (χ0) is 13.9. The van der Waals surface area contributed by atoms with Crippen molar-refractivity contribution in [1.82, 2.24) is 9.97 Å². The molecule has 0 radical (unpaired) electrons. The van der Waals surface area contributed by atoms with E-state index in [0.717, 1.165) is 12.4 Å². The molecule has 0 atom stereocenters. The number of nitrogens with one attached hydrogen (secondary N) is 1. The first-order valence-electron chi connectivity index (χ1n) is 6.61. The van der Waals surface area contributed by atoms with Crippen LogP contribution >= 0.6 is 22.9 Å². The Hall–Kier alpha value is -1.17. The molecule has 0 fully saturated rings. The summed E-state index contributed by atoms with van der Waals surface area (Å²) in [6, 6.07) is 4.04. The first kappa shape index (κ1) is 13.8. The summed E-state index contributed by atoms with van der Waals surface area (Å²) in [5.41, 5.74) is 1.52. The maximum atomic E-state index is 5.98. The van der Waals surface area contributed by atoms with E-state index in [1.807, 2.05) is 11.3 Å². The minimum absolute atomic E-state index is 0.364. The minimum Gasteiger partial charge on any atom is -0.377 e. The number of hydrogen-bond acceptors (Lipinski definition) is 5. The standard InChI is InChI=1S/C14H16ClN3OS/c1-19-8-14-17-12(15)6-13(18-14)16-7-10-5-9-3-2-4-11(9)20-10/h5-6H,2-4,7-8H2,1H3,(H,16,17,18). The van der Waals surface area contributed by atoms with Crippen LogP contribution in [0.25, 0.3) is 0 Å². The number of anilines is 1. The molecule has 1 N–H and O–H groups in total. The first-order chi connectivity index (χ1) is 9.74. The van der Waals surface area contributed by atoms with Crippen LogP contribution in [-0.2, 0) is 30.7 Å². The van der Waals surface area contributed by atoms with Crippen LogP contribution in [0.2, 0.25) is 5.15 Å². The predicted molar refractivity (Wildman–Crippen MR) is 81.4 cm³/mol. The van der Waals surface area contributed by atoms with Gasteiger partial charge in [-0.1, -0.05) is 11.6 Å². The Morgan fingerprint density at radius 2 is 2.25 bits per heavy atom. The van der Waals surface area contributed by atoms with Gasteiger partial charge in [-0.2, -0.15) is 0 Å². The SMILES string of the molecule is COCc1nc(Cl)cc(NCc2cc3c(s2)CCC3)n1. The zero-order valence-electron chi connectivity index (χ0n) is 11.3. The highest BCUT2D eigenvalue weighted by molar-refractivity contribution is 7.12. The van der Waals surface area contributed by atoms with Crippen LogP contribution in [0.4, 0.5) is 5.82 Å². The van der Waals surface area contributed by atoms with Gasteiger partial charge in [0.25, 0.3) is 0 Å². The van der Waals surface area contributed by atoms with Crippen molar-refractivity contribution >= 4 is 28.8 Å². The second kappa shape index (κ2) is 6.08. The van der Waals surface area contributed by atoms with Gasteiger partial charge in [-0.25, -0.2) is 9.97 Å². The maximum absolute atomic E-state index is 5.98. The highest BCUT2D eigenvalue weighted by atomic mass is 35.5. The van der Waals surface area contributed by atoms with Crippen molar-refractivity contribution in [1.29, 1.82) is 0 Å². The van der Waals surface area contributed by atoms with E-state index in [1.165, 1.54) is 29.7 Å². The van der Waals surface area contributed by atoms with Crippen molar-refractivity contribution in [3.8, 4) is 0 Å². The van der Waals surface area contributed by atoms with Crippen molar-refractivity contribution in [2.75, 3.05) is 12.4 Å². The van der Waals surface area contributed by atoms with Gasteiger partial charge in [0.1, 0.15) is 17.6 Å². The Morgan fingerprint density at radius 3 is 3.05 bits per heavy atom. The van der Waals surface area contributed by atoms with Gasteiger partial charge in [-0.3, -0.25) is 0 Å². The van der Waals surface area contributed by atoms with Gasteiger partial charge in [0.15, 0.2) is 5.82 Å². The van der Waals surface area contributed by atoms with Crippen LogP contribution < -0.4 is 5.32 Å². The number of ether oxygens (including phenoxy) is 1. The monoisotopic (exact) mass is 309 g/mol. The van der Waals surface area contributed by atoms with Crippen LogP contribution in [0, 0.1) is 0 Å². The summed E-state index contributed by atoms with van der Waals surface area (Å²) in [5.74, 6) is 1.33. The summed E-state index contributed by atoms with van der Waals surface area (Å²) in [5, 5.41) is 3.74. The quantitative estimate of drug-likeness (QED) is 0.860. The molecule has 0 saturated carbocycles. The maximum Gasteiger partial charge on any atom is 0.158 e. The Kier molecular flexibility index (Phi) is 4.19. The first-order valence-corrected chi connectivity index (χ1v) is 7.81. The fraction of sp³-hybridized carbons (Fsp3) is 0.429. The van der Waals surface area contributed by atoms with Gasteiger partial charge in [0.05, 0.1) is 6.54 Å². The summed E-state index contributed by atoms with van der Waals surface area (Å²) >= 11 is 7.88. The average Bonchev–Trinajstić information content (AvgIpc) is 2.96. The van der Waals surface area contributed by atoms with Gasteiger partial charge >= 0.3 is 0 Å². The number of rotatable bonds is 5. The molecule has 1 aliphatic rings. The van der Waals surface area contributed by atoms with E-state index >= 15 is 0 Å². The number of halogens is 1. The van der Waals surface area contributed by atoms with Gasteiger partial charge in [0.2, 0.25) is 0 Å². The van der Waals surface area contributed by atoms with Crippen molar-refractivity contribution < 1.29 is 4.74 Å². The van der Waals surface area contributed by atoms with Crippen LogP contribution in [0.1, 0.15) is 27.6 Å². The molecule has 6 heteroatoms. The Labute approximate surface area is 127 Å². The summed E-state index contributed by atoms with van der Waals surface area (Å²) < 4.78 is 5.03. The molecule has 0 saturated heterocycles. The smallest absolute Gasteiger partial charge is 0.158 e. The summed E-state index contributed by atoms with van der Waals surface area (Å²) in [6.07, 6.45) is 3.76. The Balaban J connectivity index is 1.68. The lowest BCUT2D eigenvalue weighted by Gasteiger charge is -2.06. The van der Waals surface area contributed by atoms with Crippen LogP contribution in [0.3, 0.4) is 0 Å². The third-order valence-corrected chi connectivity index (χ3v) is 4.69. The molecule has 3 rings (SSSR count). The van der Waals surface area contributed by atoms with E-state index in [1.54, 1.807) is 18.1 Å². The molecule has 20 heavy (non-hydrogen) atoms. The van der Waals surface area contributed by atoms with Gasteiger partial charge in [-0.15, -0.1) is 11.3 Å². The molecule has 2 aromatic heterocycles. The molecule has 2 heterocycles. The van der Waals surface area contributed by atoms with Crippen molar-refractivity contribution in [2.24, 2.45) is 0 Å². The van der Waals surface area contributed by atoms with E-state index in [2.05, 4.69) is 21.4 Å². The van der Waals surface area contributed by atoms with E-state index in [0.29, 0.717) is 17.6 Å². The molecule has 0 bridgehead atoms. The van der Waals surface area contributed by atoms with Crippen LogP contribution in [0.5, 0.6) is 0 Å². The van der Waals surface area contributed by atoms with E-state index in [4.69, 9.17) is 16.3 Å². The molecule has 0 aromatic carbocycles. The lowest BCUT2D eigenvalue weighted by atomic mass is 10.2. The van der Waals surface area contributed by atoms with Crippen LogP contribution in [-0.4, -0.2) is 17.1 Å². The van der Waals surface area contributed by atoms with E-state index in [-0.39, 0.29) is 0 Å². The molecule has 0 aliphatic heterocycles. The fourth-order valence-electron chi connectivity index (χ4n) is 2.40. The summed E-state index contributed by atoms with van der Waals surface area (Å²) in [7, 11) is 1.62. The van der Waals surface area contributed by atoms with E-state index < -0.39 is 0 Å². The Morgan fingerprint density at radius 1 is 1.35 bits per heavy atom. The second-order valence-corrected chi connectivity index (χ2v) is 6.40. The number of thiophene rings is 1. The predicted octanol–water partition coefficient (Wildman–Crippen LogP) is 3.44. The molecule has 106 valence electrons. The lowest BCUT2D eigenvalue weighted by molar-refractivity contribution is 0.178. The molecular weight excluding hydrogens is 294 g/mol. The number of aryl methyl sites for hydroxylation is 2. The Bertz CT molecular complexity index is 593. The molecule has 2 aromatic rings. The molecule has 0 unspecified atom stereocenters. The third-order valence-electron chi connectivity index (χ3n) is 3.26. The summed E-state index contributed by atoms with van der Waals surface area (Å²) in [6.45, 7) is 1.14. The van der Waals surface area contributed by atoms with Crippen LogP contribution in [0.15, 0.2) is 12.1 Å². The van der Waals surface area contributed by atoms with Gasteiger partial charge in [0, 0.05) is 22.9 Å². The number of methoxy groups -OCH3 is 1. The highest BCUT2D eigenvalue weighted by Gasteiger charge is 2.14. The van der Waals surface area contributed by atoms with Gasteiger partial charge < -0.3 is 10.1 Å². The normalized spacial score (nSPS) is 13.5. The van der Waals surface area contributed by atoms with Crippen molar-refractivity contribution in [2.45, 2.75) is 32.4 Å². The molecule has 0 amide bonds. The topological polar surface area (TPSA) is 47.0 Å². The third kappa shape index (κ3) is 3.11. The molecular formula is C14H16ClN3OS. The fourth-order valence-corrected chi connectivity index (χ4v) is 3.81. The zero-order valence-corrected chi connectivity index (χ0v) is 12.9. The largest absolute Gasteiger partial charge is 0.377 e. The molecule has 1 aliphatic carbocycles. The lowest BCUT2D eigenvalue weighted by Crippen LogP contribution is -2.04. The second-order valence-electron chi connectivity index (χ2n) is 4.79. The number of hydrogen-bond donors (Lipinski definition) is 1. The molecule has 4 nitrogen and oxygen atoms in total. The summed E-state index contributed by atoms with van der Waals surface area (Å²) in [4.78, 5) is 11.4. The highest BCUT2D eigenvalue weighted by Crippen LogP contribution is 2.30. The van der Waals surface area contributed by atoms with Crippen molar-refractivity contribution in [3.05, 3.63) is 38.4 Å². The average molecular weight is 310 g/mol. The van der Waals surface area contributed by atoms with Crippen molar-refractivity contribution in [3.63, 3.8) is 0 Å².